The van der Waals surface area contributed by atoms with Crippen molar-refractivity contribution in [3.8, 4) is 6.07 Å². The summed E-state index contributed by atoms with van der Waals surface area (Å²) in [7, 11) is 0. The first-order chi connectivity index (χ1) is 16.1. The third kappa shape index (κ3) is 4.47. The predicted molar refractivity (Wildman–Crippen MR) is 124 cm³/mol. The number of hydrogen-bond acceptors (Lipinski definition) is 10. The van der Waals surface area contributed by atoms with E-state index < -0.39 is 0 Å². The second-order valence-electron chi connectivity index (χ2n) is 7.71. The van der Waals surface area contributed by atoms with Crippen LogP contribution in [0.3, 0.4) is 0 Å². The van der Waals surface area contributed by atoms with Gasteiger partial charge in [-0.3, -0.25) is 4.40 Å². The number of piperidine rings is 1. The molecule has 1 aliphatic heterocycles. The second kappa shape index (κ2) is 8.84. The Balaban J connectivity index is 1.23. The zero-order chi connectivity index (χ0) is 22.8. The molecule has 33 heavy (non-hydrogen) atoms. The van der Waals surface area contributed by atoms with Crippen LogP contribution in [0.15, 0.2) is 36.9 Å². The molecule has 0 bridgehead atoms. The molecule has 4 aromatic heterocycles. The highest BCUT2D eigenvalue weighted by molar-refractivity contribution is 6.32. The normalized spacial score (nSPS) is 14.3. The number of nitrogens with one attached hydrogen (secondary N) is 2. The smallest absolute Gasteiger partial charge is 0.230 e. The fraction of sp³-hybridized carbons (Fsp3) is 0.286. The molecule has 0 atom stereocenters. The zero-order valence-electron chi connectivity index (χ0n) is 17.8. The van der Waals surface area contributed by atoms with E-state index in [4.69, 9.17) is 16.9 Å². The summed E-state index contributed by atoms with van der Waals surface area (Å²) in [4.78, 5) is 19.7. The molecule has 0 saturated carbocycles. The topological polar surface area (TPSA) is 133 Å². The van der Waals surface area contributed by atoms with Crippen molar-refractivity contribution in [3.05, 3.63) is 53.3 Å². The quantitative estimate of drug-likeness (QED) is 0.456. The Kier molecular flexibility index (Phi) is 5.58. The van der Waals surface area contributed by atoms with Crippen molar-refractivity contribution >= 4 is 40.7 Å². The van der Waals surface area contributed by atoms with Crippen molar-refractivity contribution in [2.24, 2.45) is 0 Å². The molecule has 12 heteroatoms. The lowest BCUT2D eigenvalue weighted by molar-refractivity contribution is 0.521. The van der Waals surface area contributed by atoms with Crippen LogP contribution in [0.25, 0.3) is 5.65 Å². The number of nitriles is 1. The number of halogens is 1. The van der Waals surface area contributed by atoms with E-state index in [1.807, 2.05) is 29.5 Å². The minimum Gasteiger partial charge on any atom is -0.366 e. The average molecular weight is 462 g/mol. The Morgan fingerprint density at radius 1 is 1.12 bits per heavy atom. The first kappa shape index (κ1) is 20.8. The van der Waals surface area contributed by atoms with Crippen molar-refractivity contribution in [1.29, 1.82) is 5.26 Å². The molecule has 5 rings (SSSR count). The summed E-state index contributed by atoms with van der Waals surface area (Å²) in [6.45, 7) is 3.58. The summed E-state index contributed by atoms with van der Waals surface area (Å²) in [6, 6.07) is 7.53. The van der Waals surface area contributed by atoms with Crippen LogP contribution in [0.5, 0.6) is 0 Å². The van der Waals surface area contributed by atoms with Crippen LogP contribution in [-0.4, -0.2) is 53.7 Å². The van der Waals surface area contributed by atoms with Crippen molar-refractivity contribution in [1.82, 2.24) is 34.5 Å². The highest BCUT2D eigenvalue weighted by Gasteiger charge is 2.22. The number of nitrogens with zero attached hydrogens (tertiary/aromatic N) is 9. The highest BCUT2D eigenvalue weighted by Crippen LogP contribution is 2.25. The Bertz CT molecular complexity index is 1320. The van der Waals surface area contributed by atoms with E-state index in [-0.39, 0.29) is 6.04 Å². The molecule has 0 spiro atoms. The van der Waals surface area contributed by atoms with E-state index in [2.05, 4.69) is 45.7 Å². The summed E-state index contributed by atoms with van der Waals surface area (Å²) in [5.74, 6) is 2.34. The van der Waals surface area contributed by atoms with Crippen LogP contribution in [0.2, 0.25) is 5.02 Å². The standard InChI is InChI=1S/C21H20ClN11/c1-13-10-24-19-8-17(26-12-33(13)19)28-21-25-11-16(22)20(29-21)27-14-4-6-32(7-5-14)18-3-2-15(9-23)30-31-18/h2-3,8,10-12,14H,4-7H2,1H3,(H2,25,27,28,29). The Hall–Kier alpha value is -4.04. The van der Waals surface area contributed by atoms with Gasteiger partial charge in [0.1, 0.15) is 28.9 Å². The van der Waals surface area contributed by atoms with E-state index in [0.29, 0.717) is 28.3 Å². The lowest BCUT2D eigenvalue weighted by Gasteiger charge is -2.33. The summed E-state index contributed by atoms with van der Waals surface area (Å²) in [5, 5.41) is 23.9. The van der Waals surface area contributed by atoms with Crippen LogP contribution in [0.4, 0.5) is 23.4 Å². The largest absolute Gasteiger partial charge is 0.366 e. The van der Waals surface area contributed by atoms with Gasteiger partial charge < -0.3 is 15.5 Å². The second-order valence-corrected chi connectivity index (χ2v) is 8.12. The van der Waals surface area contributed by atoms with Gasteiger partial charge in [0.2, 0.25) is 5.95 Å². The van der Waals surface area contributed by atoms with Crippen LogP contribution in [0, 0.1) is 18.3 Å². The molecular weight excluding hydrogens is 442 g/mol. The number of hydrogen-bond donors (Lipinski definition) is 2. The van der Waals surface area contributed by atoms with Crippen LogP contribution in [-0.2, 0) is 0 Å². The molecule has 0 amide bonds. The number of imidazole rings is 1. The fourth-order valence-electron chi connectivity index (χ4n) is 3.71. The molecular formula is C21H20ClN11. The van der Waals surface area contributed by atoms with Gasteiger partial charge in [0, 0.05) is 37.1 Å². The van der Waals surface area contributed by atoms with Gasteiger partial charge in [0.05, 0.1) is 6.20 Å². The van der Waals surface area contributed by atoms with E-state index in [9.17, 15) is 0 Å². The molecule has 1 fully saturated rings. The first-order valence-electron chi connectivity index (χ1n) is 10.4. The fourth-order valence-corrected chi connectivity index (χ4v) is 3.86. The Morgan fingerprint density at radius 2 is 1.97 bits per heavy atom. The number of aryl methyl sites for hydroxylation is 1. The molecule has 0 aliphatic carbocycles. The summed E-state index contributed by atoms with van der Waals surface area (Å²) >= 11 is 6.35. The molecule has 1 saturated heterocycles. The maximum Gasteiger partial charge on any atom is 0.230 e. The molecule has 0 unspecified atom stereocenters. The number of rotatable bonds is 5. The first-order valence-corrected chi connectivity index (χ1v) is 10.8. The van der Waals surface area contributed by atoms with Crippen molar-refractivity contribution in [2.45, 2.75) is 25.8 Å². The maximum atomic E-state index is 8.87. The molecule has 2 N–H and O–H groups in total. The molecule has 0 radical (unpaired) electrons. The molecule has 0 aromatic carbocycles. The van der Waals surface area contributed by atoms with Gasteiger partial charge in [0.15, 0.2) is 17.3 Å². The summed E-state index contributed by atoms with van der Waals surface area (Å²) in [6.07, 6.45) is 6.82. The Morgan fingerprint density at radius 3 is 2.73 bits per heavy atom. The van der Waals surface area contributed by atoms with Gasteiger partial charge in [-0.1, -0.05) is 11.6 Å². The number of aromatic nitrogens is 7. The molecule has 166 valence electrons. The molecule has 1 aliphatic rings. The molecule has 5 heterocycles. The SMILES string of the molecule is Cc1cnc2cc(Nc3ncc(Cl)c(NC4CCN(c5ccc(C#N)nn5)CC4)n3)ncn12. The average Bonchev–Trinajstić information content (AvgIpc) is 3.22. The molecule has 11 nitrogen and oxygen atoms in total. The molecule has 4 aromatic rings. The number of anilines is 4. The zero-order valence-corrected chi connectivity index (χ0v) is 18.5. The minimum atomic E-state index is 0.204. The van der Waals surface area contributed by atoms with Gasteiger partial charge >= 0.3 is 0 Å². The van der Waals surface area contributed by atoms with E-state index in [1.54, 1.807) is 24.8 Å². The van der Waals surface area contributed by atoms with Crippen LogP contribution < -0.4 is 15.5 Å². The monoisotopic (exact) mass is 461 g/mol. The van der Waals surface area contributed by atoms with Crippen molar-refractivity contribution in [3.63, 3.8) is 0 Å². The van der Waals surface area contributed by atoms with Crippen LogP contribution >= 0.6 is 11.6 Å². The van der Waals surface area contributed by atoms with E-state index in [1.165, 1.54) is 0 Å². The lowest BCUT2D eigenvalue weighted by atomic mass is 10.1. The van der Waals surface area contributed by atoms with Crippen molar-refractivity contribution in [2.75, 3.05) is 28.6 Å². The van der Waals surface area contributed by atoms with Gasteiger partial charge in [0.25, 0.3) is 0 Å². The van der Waals surface area contributed by atoms with Gasteiger partial charge in [-0.15, -0.1) is 10.2 Å². The van der Waals surface area contributed by atoms with E-state index >= 15 is 0 Å². The summed E-state index contributed by atoms with van der Waals surface area (Å²) in [5.41, 5.74) is 2.11. The lowest BCUT2D eigenvalue weighted by Crippen LogP contribution is -2.39. The maximum absolute atomic E-state index is 8.87. The van der Waals surface area contributed by atoms with Gasteiger partial charge in [-0.25, -0.2) is 15.0 Å². The highest BCUT2D eigenvalue weighted by atomic mass is 35.5. The Labute approximate surface area is 194 Å². The van der Waals surface area contributed by atoms with E-state index in [0.717, 1.165) is 43.1 Å². The van der Waals surface area contributed by atoms with Crippen molar-refractivity contribution < 1.29 is 0 Å². The third-order valence-corrected chi connectivity index (χ3v) is 5.77. The van der Waals surface area contributed by atoms with Gasteiger partial charge in [-0.05, 0) is 31.9 Å². The third-order valence-electron chi connectivity index (χ3n) is 5.50. The summed E-state index contributed by atoms with van der Waals surface area (Å²) < 4.78 is 1.90. The van der Waals surface area contributed by atoms with Crippen LogP contribution in [0.1, 0.15) is 24.2 Å². The minimum absolute atomic E-state index is 0.204. The number of fused-ring (bicyclic) bond motifs is 1. The predicted octanol–water partition coefficient (Wildman–Crippen LogP) is 2.97. The van der Waals surface area contributed by atoms with Gasteiger partial charge in [-0.2, -0.15) is 10.2 Å².